The van der Waals surface area contributed by atoms with Gasteiger partial charge in [-0.25, -0.2) is 0 Å². The molecule has 0 spiro atoms. The molecular weight excluding hydrogens is 528 g/mol. The zero-order chi connectivity index (χ0) is 29.3. The van der Waals surface area contributed by atoms with Gasteiger partial charge in [0.15, 0.2) is 0 Å². The summed E-state index contributed by atoms with van der Waals surface area (Å²) in [6.07, 6.45) is 0. The van der Waals surface area contributed by atoms with E-state index in [0.717, 1.165) is 0 Å². The second-order valence-corrected chi connectivity index (χ2v) is 11.3. The van der Waals surface area contributed by atoms with Crippen molar-refractivity contribution in [3.8, 4) is 55.6 Å². The quantitative estimate of drug-likeness (QED) is 0.197. The maximum atomic E-state index is 2.39. The Morgan fingerprint density at radius 3 is 0.841 bits per heavy atom. The molecule has 0 nitrogen and oxygen atoms in total. The van der Waals surface area contributed by atoms with E-state index in [-0.39, 0.29) is 0 Å². The van der Waals surface area contributed by atoms with Gasteiger partial charge in [-0.05, 0) is 101 Å². The third-order valence-corrected chi connectivity index (χ3v) is 8.66. The van der Waals surface area contributed by atoms with Gasteiger partial charge in [0.25, 0.3) is 0 Å². The molecule has 0 amide bonds. The summed E-state index contributed by atoms with van der Waals surface area (Å²) in [6.45, 7) is 0. The lowest BCUT2D eigenvalue weighted by atomic mass is 9.86. The molecular formula is C44H30. The van der Waals surface area contributed by atoms with Crippen LogP contribution in [0.25, 0.3) is 77.2 Å². The fourth-order valence-corrected chi connectivity index (χ4v) is 6.56. The third-order valence-electron chi connectivity index (χ3n) is 8.66. The van der Waals surface area contributed by atoms with Crippen LogP contribution < -0.4 is 0 Å². The van der Waals surface area contributed by atoms with Crippen molar-refractivity contribution in [2.45, 2.75) is 0 Å². The normalized spacial score (nSPS) is 11.2. The van der Waals surface area contributed by atoms with E-state index in [9.17, 15) is 0 Å². The molecule has 0 aliphatic heterocycles. The summed E-state index contributed by atoms with van der Waals surface area (Å²) in [5.74, 6) is 0. The minimum absolute atomic E-state index is 1.21. The number of hydrogen-bond acceptors (Lipinski definition) is 0. The summed E-state index contributed by atoms with van der Waals surface area (Å²) < 4.78 is 0. The fourth-order valence-electron chi connectivity index (χ4n) is 6.56. The number of benzene rings is 8. The van der Waals surface area contributed by atoms with Crippen LogP contribution in [0.2, 0.25) is 0 Å². The monoisotopic (exact) mass is 558 g/mol. The van der Waals surface area contributed by atoms with Gasteiger partial charge in [0, 0.05) is 0 Å². The first-order valence-electron chi connectivity index (χ1n) is 15.2. The van der Waals surface area contributed by atoms with E-state index in [1.165, 1.54) is 77.2 Å². The molecule has 0 saturated carbocycles. The molecule has 0 aliphatic rings. The molecule has 0 heteroatoms. The molecule has 0 heterocycles. The Labute approximate surface area is 258 Å². The first-order valence-corrected chi connectivity index (χ1v) is 15.2. The largest absolute Gasteiger partial charge is 0.0622 e. The first kappa shape index (κ1) is 25.9. The average molecular weight is 559 g/mol. The van der Waals surface area contributed by atoms with Crippen LogP contribution in [0.1, 0.15) is 0 Å². The van der Waals surface area contributed by atoms with Crippen molar-refractivity contribution in [1.29, 1.82) is 0 Å². The van der Waals surface area contributed by atoms with E-state index in [0.29, 0.717) is 0 Å². The Balaban J connectivity index is 1.46. The lowest BCUT2D eigenvalue weighted by Crippen LogP contribution is -1.91. The fraction of sp³-hybridized carbons (Fsp3) is 0. The maximum Gasteiger partial charge on any atom is -0.00930 e. The van der Waals surface area contributed by atoms with Gasteiger partial charge in [0.2, 0.25) is 0 Å². The van der Waals surface area contributed by atoms with Crippen LogP contribution in [0, 0.1) is 0 Å². The van der Waals surface area contributed by atoms with Crippen LogP contribution in [-0.2, 0) is 0 Å². The van der Waals surface area contributed by atoms with Crippen molar-refractivity contribution in [3.63, 3.8) is 0 Å². The summed E-state index contributed by atoms with van der Waals surface area (Å²) in [5, 5.41) is 5.03. The number of fused-ring (bicyclic) bond motifs is 2. The molecule has 0 N–H and O–H groups in total. The molecule has 44 heavy (non-hydrogen) atoms. The second kappa shape index (κ2) is 11.2. The highest BCUT2D eigenvalue weighted by Crippen LogP contribution is 2.42. The highest BCUT2D eigenvalue weighted by Gasteiger charge is 2.16. The molecule has 0 unspecified atom stereocenters. The first-order chi connectivity index (χ1) is 21.8. The van der Waals surface area contributed by atoms with Gasteiger partial charge in [-0.1, -0.05) is 158 Å². The van der Waals surface area contributed by atoms with Crippen LogP contribution >= 0.6 is 0 Å². The van der Waals surface area contributed by atoms with E-state index in [1.807, 2.05) is 0 Å². The van der Waals surface area contributed by atoms with Crippen LogP contribution in [-0.4, -0.2) is 0 Å². The van der Waals surface area contributed by atoms with Gasteiger partial charge in [0.1, 0.15) is 0 Å². The van der Waals surface area contributed by atoms with Crippen LogP contribution in [0.15, 0.2) is 182 Å². The molecule has 0 radical (unpaired) electrons. The van der Waals surface area contributed by atoms with Crippen LogP contribution in [0.3, 0.4) is 0 Å². The van der Waals surface area contributed by atoms with Gasteiger partial charge in [-0.15, -0.1) is 0 Å². The Hall–Kier alpha value is -5.72. The smallest absolute Gasteiger partial charge is 0.00930 e. The molecule has 8 rings (SSSR count). The SMILES string of the molecule is c1ccc(-c2cc(-c3cc(-c4ccccc4)c4cccc(-c5ccccc5)c4c3)cc3c(-c4ccccc4)cccc23)cc1. The Kier molecular flexibility index (Phi) is 6.59. The van der Waals surface area contributed by atoms with E-state index in [2.05, 4.69) is 182 Å². The van der Waals surface area contributed by atoms with Crippen molar-refractivity contribution in [2.75, 3.05) is 0 Å². The van der Waals surface area contributed by atoms with Gasteiger partial charge in [0.05, 0.1) is 0 Å². The van der Waals surface area contributed by atoms with Crippen molar-refractivity contribution in [2.24, 2.45) is 0 Å². The number of hydrogen-bond donors (Lipinski definition) is 0. The molecule has 8 aromatic rings. The van der Waals surface area contributed by atoms with E-state index >= 15 is 0 Å². The highest BCUT2D eigenvalue weighted by atomic mass is 14.2. The zero-order valence-corrected chi connectivity index (χ0v) is 24.3. The Bertz CT molecular complexity index is 2070. The van der Waals surface area contributed by atoms with Gasteiger partial charge in [-0.3, -0.25) is 0 Å². The average Bonchev–Trinajstić information content (AvgIpc) is 3.11. The molecule has 206 valence electrons. The minimum Gasteiger partial charge on any atom is -0.0622 e. The lowest BCUT2D eigenvalue weighted by Gasteiger charge is -2.17. The van der Waals surface area contributed by atoms with E-state index in [1.54, 1.807) is 0 Å². The minimum atomic E-state index is 1.21. The van der Waals surface area contributed by atoms with Gasteiger partial charge in [-0.2, -0.15) is 0 Å². The van der Waals surface area contributed by atoms with Crippen molar-refractivity contribution >= 4 is 21.5 Å². The molecule has 0 aromatic heterocycles. The summed E-state index contributed by atoms with van der Waals surface area (Å²) >= 11 is 0. The molecule has 8 aromatic carbocycles. The molecule has 0 aliphatic carbocycles. The predicted octanol–water partition coefficient (Wildman–Crippen LogP) is 12.3. The van der Waals surface area contributed by atoms with Crippen LogP contribution in [0.4, 0.5) is 0 Å². The highest BCUT2D eigenvalue weighted by molar-refractivity contribution is 6.10. The Morgan fingerprint density at radius 2 is 0.500 bits per heavy atom. The molecule has 0 saturated heterocycles. The predicted molar refractivity (Wildman–Crippen MR) is 189 cm³/mol. The summed E-state index contributed by atoms with van der Waals surface area (Å²) in [6, 6.07) is 66.0. The van der Waals surface area contributed by atoms with Crippen molar-refractivity contribution in [3.05, 3.63) is 182 Å². The van der Waals surface area contributed by atoms with Crippen molar-refractivity contribution < 1.29 is 0 Å². The maximum absolute atomic E-state index is 2.39. The van der Waals surface area contributed by atoms with Crippen LogP contribution in [0.5, 0.6) is 0 Å². The number of rotatable bonds is 5. The standard InChI is InChI=1S/C44H30/c1-5-15-31(16-6-1)37-23-13-25-39-41(33-19-9-3-10-20-33)27-35(29-43(37)39)36-28-42(34-21-11-4-12-22-34)40-26-14-24-38(44(40)30-36)32-17-7-2-8-18-32/h1-30H. The summed E-state index contributed by atoms with van der Waals surface area (Å²) in [5.41, 5.74) is 12.3. The topological polar surface area (TPSA) is 0 Å². The van der Waals surface area contributed by atoms with Gasteiger partial charge < -0.3 is 0 Å². The molecule has 0 bridgehead atoms. The lowest BCUT2D eigenvalue weighted by molar-refractivity contribution is 1.60. The Morgan fingerprint density at radius 1 is 0.182 bits per heavy atom. The zero-order valence-electron chi connectivity index (χ0n) is 24.3. The van der Waals surface area contributed by atoms with E-state index in [4.69, 9.17) is 0 Å². The molecule has 0 fully saturated rings. The summed E-state index contributed by atoms with van der Waals surface area (Å²) in [4.78, 5) is 0. The second-order valence-electron chi connectivity index (χ2n) is 11.3. The van der Waals surface area contributed by atoms with E-state index < -0.39 is 0 Å². The van der Waals surface area contributed by atoms with Crippen molar-refractivity contribution in [1.82, 2.24) is 0 Å². The summed E-state index contributed by atoms with van der Waals surface area (Å²) in [7, 11) is 0. The third kappa shape index (κ3) is 4.68. The molecule has 0 atom stereocenters. The van der Waals surface area contributed by atoms with Gasteiger partial charge >= 0.3 is 0 Å².